The largest absolute Gasteiger partial charge is 0.374 e. The topological polar surface area (TPSA) is 65.5 Å². The third kappa shape index (κ3) is 5.27. The van der Waals surface area contributed by atoms with Gasteiger partial charge in [0.05, 0.1) is 19.8 Å². The molecule has 1 unspecified atom stereocenters. The average Bonchev–Trinajstić information content (AvgIpc) is 3.10. The minimum atomic E-state index is -1.76. The van der Waals surface area contributed by atoms with Gasteiger partial charge in [0, 0.05) is 12.3 Å². The smallest absolute Gasteiger partial charge is 0.251 e. The lowest BCUT2D eigenvalue weighted by Crippen LogP contribution is -2.49. The predicted molar refractivity (Wildman–Crippen MR) is 121 cm³/mol. The molecular weight excluding hydrogens is 450 g/mol. The Morgan fingerprint density at radius 3 is 2.27 bits per heavy atom. The van der Waals surface area contributed by atoms with E-state index in [0.717, 1.165) is 11.1 Å². The monoisotopic (exact) mass is 474 g/mol. The summed E-state index contributed by atoms with van der Waals surface area (Å²) in [5, 5.41) is 0. The quantitative estimate of drug-likeness (QED) is 0.469. The van der Waals surface area contributed by atoms with Crippen LogP contribution in [0.5, 0.6) is 0 Å². The summed E-state index contributed by atoms with van der Waals surface area (Å²) in [6.07, 6.45) is -2.99. The van der Waals surface area contributed by atoms with E-state index in [2.05, 4.69) is 4.98 Å². The Kier molecular flexibility index (Phi) is 7.44. The van der Waals surface area contributed by atoms with E-state index < -0.39 is 36.3 Å². The molecule has 1 saturated heterocycles. The van der Waals surface area contributed by atoms with E-state index in [1.807, 2.05) is 60.7 Å². The highest BCUT2D eigenvalue weighted by Gasteiger charge is 2.58. The minimum absolute atomic E-state index is 0.0307. The normalized spacial score (nSPS) is 24.7. The molecule has 1 aliphatic rings. The number of aromatic amines is 1. The van der Waals surface area contributed by atoms with Crippen molar-refractivity contribution >= 4 is 12.2 Å². The van der Waals surface area contributed by atoms with Gasteiger partial charge in [-0.1, -0.05) is 60.7 Å². The van der Waals surface area contributed by atoms with Gasteiger partial charge in [0.15, 0.2) is 22.8 Å². The SMILES string of the molecule is O=c1ccn([C@@H]2O[C@](CF)(COCc3ccccc3)C(OCc3ccccc3)[C@@H]2F)c(=S)[nH]1. The highest BCUT2D eigenvalue weighted by atomic mass is 32.1. The summed E-state index contributed by atoms with van der Waals surface area (Å²) in [6.45, 7) is -0.989. The summed E-state index contributed by atoms with van der Waals surface area (Å²) < 4.78 is 49.1. The number of alkyl halides is 2. The van der Waals surface area contributed by atoms with E-state index in [1.54, 1.807) is 0 Å². The van der Waals surface area contributed by atoms with E-state index in [-0.39, 0.29) is 24.6 Å². The van der Waals surface area contributed by atoms with Crippen LogP contribution in [-0.2, 0) is 27.4 Å². The van der Waals surface area contributed by atoms with Crippen molar-refractivity contribution in [2.24, 2.45) is 0 Å². The van der Waals surface area contributed by atoms with Gasteiger partial charge in [-0.25, -0.2) is 8.78 Å². The molecule has 0 amide bonds. The number of hydrogen-bond acceptors (Lipinski definition) is 5. The molecule has 1 aromatic heterocycles. The van der Waals surface area contributed by atoms with Crippen LogP contribution in [0.1, 0.15) is 17.4 Å². The summed E-state index contributed by atoms with van der Waals surface area (Å²) in [4.78, 5) is 14.0. The molecule has 33 heavy (non-hydrogen) atoms. The molecule has 9 heteroatoms. The Balaban J connectivity index is 1.59. The molecule has 0 bridgehead atoms. The Bertz CT molecular complexity index is 1160. The number of ether oxygens (including phenoxy) is 3. The summed E-state index contributed by atoms with van der Waals surface area (Å²) >= 11 is 5.17. The summed E-state index contributed by atoms with van der Waals surface area (Å²) in [5.41, 5.74) is -0.419. The Labute approximate surface area is 194 Å². The number of aromatic nitrogens is 2. The lowest BCUT2D eigenvalue weighted by molar-refractivity contribution is -0.164. The second-order valence-electron chi connectivity index (χ2n) is 7.86. The molecule has 0 aliphatic carbocycles. The first-order valence-corrected chi connectivity index (χ1v) is 10.9. The zero-order valence-electron chi connectivity index (χ0n) is 17.7. The van der Waals surface area contributed by atoms with Crippen LogP contribution in [0, 0.1) is 4.77 Å². The number of benzene rings is 2. The van der Waals surface area contributed by atoms with Crippen molar-refractivity contribution in [1.82, 2.24) is 9.55 Å². The van der Waals surface area contributed by atoms with E-state index in [0.29, 0.717) is 0 Å². The minimum Gasteiger partial charge on any atom is -0.374 e. The van der Waals surface area contributed by atoms with Gasteiger partial charge in [-0.05, 0) is 23.3 Å². The molecule has 2 heterocycles. The number of rotatable bonds is 9. The fourth-order valence-corrected chi connectivity index (χ4v) is 4.10. The van der Waals surface area contributed by atoms with Crippen molar-refractivity contribution in [3.05, 3.63) is 99.2 Å². The molecule has 0 saturated carbocycles. The molecule has 4 rings (SSSR count). The summed E-state index contributed by atoms with van der Waals surface area (Å²) in [7, 11) is 0. The van der Waals surface area contributed by atoms with E-state index in [9.17, 15) is 9.18 Å². The fourth-order valence-electron chi connectivity index (χ4n) is 3.83. The van der Waals surface area contributed by atoms with Crippen LogP contribution in [0.25, 0.3) is 0 Å². The predicted octanol–water partition coefficient (Wildman–Crippen LogP) is 4.28. The van der Waals surface area contributed by atoms with Crippen LogP contribution in [-0.4, -0.2) is 40.7 Å². The molecule has 1 N–H and O–H groups in total. The maximum absolute atomic E-state index is 15.7. The van der Waals surface area contributed by atoms with Crippen LogP contribution >= 0.6 is 12.2 Å². The zero-order valence-corrected chi connectivity index (χ0v) is 18.5. The van der Waals surface area contributed by atoms with Gasteiger partial charge < -0.3 is 14.2 Å². The lowest BCUT2D eigenvalue weighted by Gasteiger charge is -2.31. The van der Waals surface area contributed by atoms with Gasteiger partial charge in [0.2, 0.25) is 0 Å². The maximum Gasteiger partial charge on any atom is 0.251 e. The second-order valence-corrected chi connectivity index (χ2v) is 8.25. The lowest BCUT2D eigenvalue weighted by atomic mass is 9.97. The third-order valence-electron chi connectivity index (χ3n) is 5.52. The van der Waals surface area contributed by atoms with Crippen LogP contribution < -0.4 is 5.56 Å². The summed E-state index contributed by atoms with van der Waals surface area (Å²) in [5.74, 6) is 0. The molecule has 1 fully saturated rings. The van der Waals surface area contributed by atoms with Gasteiger partial charge >= 0.3 is 0 Å². The van der Waals surface area contributed by atoms with E-state index >= 15 is 4.39 Å². The van der Waals surface area contributed by atoms with Gasteiger partial charge in [0.1, 0.15) is 12.8 Å². The average molecular weight is 475 g/mol. The van der Waals surface area contributed by atoms with Crippen molar-refractivity contribution in [1.29, 1.82) is 0 Å². The highest BCUT2D eigenvalue weighted by molar-refractivity contribution is 7.71. The zero-order chi connectivity index (χ0) is 23.3. The Hall–Kier alpha value is -2.72. The molecule has 6 nitrogen and oxygen atoms in total. The first-order chi connectivity index (χ1) is 16.0. The van der Waals surface area contributed by atoms with Crippen molar-refractivity contribution < 1.29 is 23.0 Å². The molecule has 0 radical (unpaired) electrons. The van der Waals surface area contributed by atoms with Gasteiger partial charge in [0.25, 0.3) is 5.56 Å². The first kappa shape index (κ1) is 23.4. The fraction of sp³-hybridized carbons (Fsp3) is 0.333. The Morgan fingerprint density at radius 2 is 1.67 bits per heavy atom. The third-order valence-corrected chi connectivity index (χ3v) is 5.83. The van der Waals surface area contributed by atoms with E-state index in [1.165, 1.54) is 16.8 Å². The van der Waals surface area contributed by atoms with Gasteiger partial charge in [-0.15, -0.1) is 0 Å². The van der Waals surface area contributed by atoms with Crippen LogP contribution in [0.2, 0.25) is 0 Å². The number of hydrogen-bond donors (Lipinski definition) is 1. The molecular formula is C24H24F2N2O4S. The van der Waals surface area contributed by atoms with Crippen molar-refractivity contribution in [3.63, 3.8) is 0 Å². The van der Waals surface area contributed by atoms with Gasteiger partial charge in [-0.2, -0.15) is 0 Å². The number of nitrogens with zero attached hydrogens (tertiary/aromatic N) is 1. The van der Waals surface area contributed by atoms with Crippen LogP contribution in [0.15, 0.2) is 77.7 Å². The van der Waals surface area contributed by atoms with Crippen LogP contribution in [0.3, 0.4) is 0 Å². The molecule has 1 aliphatic heterocycles. The first-order valence-electron chi connectivity index (χ1n) is 10.5. The molecule has 2 aromatic carbocycles. The van der Waals surface area contributed by atoms with Crippen molar-refractivity contribution in [2.45, 2.75) is 37.3 Å². The maximum atomic E-state index is 15.7. The van der Waals surface area contributed by atoms with Crippen molar-refractivity contribution in [3.8, 4) is 0 Å². The summed E-state index contributed by atoms with van der Waals surface area (Å²) in [6, 6.07) is 19.8. The molecule has 174 valence electrons. The number of halogens is 2. The number of H-pyrrole nitrogens is 1. The Morgan fingerprint density at radius 1 is 1.03 bits per heavy atom. The molecule has 0 spiro atoms. The molecule has 4 atom stereocenters. The second kappa shape index (κ2) is 10.5. The van der Waals surface area contributed by atoms with Crippen LogP contribution in [0.4, 0.5) is 8.78 Å². The highest BCUT2D eigenvalue weighted by Crippen LogP contribution is 2.42. The number of nitrogens with one attached hydrogen (secondary N) is 1. The molecule has 3 aromatic rings. The van der Waals surface area contributed by atoms with E-state index in [4.69, 9.17) is 26.4 Å². The standard InChI is InChI=1S/C24H24F2N2O4S/c25-15-24(16-30-13-17-7-3-1-4-8-17)21(31-14-18-9-5-2-6-10-18)20(26)22(32-24)28-12-11-19(29)27-23(28)33/h1-12,20-22H,13-16H2,(H,27,29,33)/t20-,21?,22+,24+/m0/s1. The van der Waals surface area contributed by atoms with Crippen molar-refractivity contribution in [2.75, 3.05) is 13.3 Å². The van der Waals surface area contributed by atoms with Gasteiger partial charge in [-0.3, -0.25) is 14.3 Å².